The molecule has 134 valence electrons. The van der Waals surface area contributed by atoms with Crippen molar-refractivity contribution in [2.45, 2.75) is 25.7 Å². The van der Waals surface area contributed by atoms with E-state index in [4.69, 9.17) is 0 Å². The van der Waals surface area contributed by atoms with Gasteiger partial charge in [0.25, 0.3) is 0 Å². The molecule has 0 saturated carbocycles. The predicted molar refractivity (Wildman–Crippen MR) is 97.9 cm³/mol. The standard InChI is InChI=1S/C19H19FN4OS/c20-15-5-3-14(4-6-15)11-23-12-16-7-8-22-24(16)18(13-23)19(25)21-10-17-2-1-9-26-17/h1-9,18H,10-13H2,(H,21,25)/t18-/m1/s1. The number of carbonyl (C=O) groups excluding carboxylic acids is 1. The molecule has 0 fully saturated rings. The second-order valence-corrected chi connectivity index (χ2v) is 7.41. The molecular weight excluding hydrogens is 351 g/mol. The van der Waals surface area contributed by atoms with Crippen LogP contribution >= 0.6 is 11.3 Å². The van der Waals surface area contributed by atoms with Gasteiger partial charge in [-0.2, -0.15) is 5.10 Å². The summed E-state index contributed by atoms with van der Waals surface area (Å²) >= 11 is 1.62. The van der Waals surface area contributed by atoms with Crippen molar-refractivity contribution in [1.29, 1.82) is 0 Å². The minimum absolute atomic E-state index is 0.0350. The third-order valence-corrected chi connectivity index (χ3v) is 5.38. The molecule has 7 heteroatoms. The molecular formula is C19H19FN4OS. The number of thiophene rings is 1. The van der Waals surface area contributed by atoms with Gasteiger partial charge in [0.05, 0.1) is 12.2 Å². The lowest BCUT2D eigenvalue weighted by atomic mass is 10.1. The number of amides is 1. The van der Waals surface area contributed by atoms with Gasteiger partial charge in [-0.15, -0.1) is 11.3 Å². The van der Waals surface area contributed by atoms with Crippen molar-refractivity contribution >= 4 is 17.2 Å². The first kappa shape index (κ1) is 16.9. The summed E-state index contributed by atoms with van der Waals surface area (Å²) < 4.78 is 14.9. The first-order valence-electron chi connectivity index (χ1n) is 8.48. The van der Waals surface area contributed by atoms with E-state index in [1.54, 1.807) is 29.7 Å². The highest BCUT2D eigenvalue weighted by atomic mass is 32.1. The lowest BCUT2D eigenvalue weighted by Crippen LogP contribution is -2.44. The van der Waals surface area contributed by atoms with Gasteiger partial charge in [0.2, 0.25) is 5.91 Å². The summed E-state index contributed by atoms with van der Waals surface area (Å²) in [4.78, 5) is 16.1. The molecule has 0 aliphatic carbocycles. The molecule has 4 rings (SSSR count). The maximum absolute atomic E-state index is 13.1. The van der Waals surface area contributed by atoms with E-state index in [2.05, 4.69) is 15.3 Å². The number of nitrogens with one attached hydrogen (secondary N) is 1. The fourth-order valence-corrected chi connectivity index (χ4v) is 3.88. The zero-order valence-corrected chi connectivity index (χ0v) is 15.0. The second kappa shape index (κ2) is 7.39. The molecule has 1 aromatic carbocycles. The van der Waals surface area contributed by atoms with Crippen LogP contribution in [-0.4, -0.2) is 27.1 Å². The summed E-state index contributed by atoms with van der Waals surface area (Å²) in [5.74, 6) is -0.275. The van der Waals surface area contributed by atoms with Crippen LogP contribution in [0.4, 0.5) is 4.39 Å². The van der Waals surface area contributed by atoms with E-state index in [1.807, 2.05) is 28.3 Å². The van der Waals surface area contributed by atoms with Crippen molar-refractivity contribution in [3.8, 4) is 0 Å². The van der Waals surface area contributed by atoms with Gasteiger partial charge in [0.15, 0.2) is 0 Å². The zero-order valence-electron chi connectivity index (χ0n) is 14.1. The first-order chi connectivity index (χ1) is 12.7. The van der Waals surface area contributed by atoms with Crippen molar-refractivity contribution in [1.82, 2.24) is 20.0 Å². The van der Waals surface area contributed by atoms with Crippen LogP contribution in [0, 0.1) is 5.82 Å². The number of hydrogen-bond acceptors (Lipinski definition) is 4. The quantitative estimate of drug-likeness (QED) is 0.751. The Hall–Kier alpha value is -2.51. The molecule has 1 atom stereocenters. The molecule has 0 radical (unpaired) electrons. The Kier molecular flexibility index (Phi) is 4.81. The average molecular weight is 370 g/mol. The van der Waals surface area contributed by atoms with Gasteiger partial charge >= 0.3 is 0 Å². The Morgan fingerprint density at radius 2 is 2.12 bits per heavy atom. The van der Waals surface area contributed by atoms with Gasteiger partial charge in [-0.1, -0.05) is 18.2 Å². The number of benzene rings is 1. The maximum Gasteiger partial charge on any atom is 0.246 e. The van der Waals surface area contributed by atoms with Gasteiger partial charge in [-0.05, 0) is 35.2 Å². The molecule has 0 saturated heterocycles. The second-order valence-electron chi connectivity index (χ2n) is 6.38. The summed E-state index contributed by atoms with van der Waals surface area (Å²) in [7, 11) is 0. The van der Waals surface area contributed by atoms with Gasteiger partial charge in [-0.3, -0.25) is 14.4 Å². The van der Waals surface area contributed by atoms with E-state index in [0.717, 1.165) is 16.1 Å². The fourth-order valence-electron chi connectivity index (χ4n) is 3.23. The number of rotatable bonds is 5. The smallest absolute Gasteiger partial charge is 0.246 e. The molecule has 3 aromatic rings. The normalized spacial score (nSPS) is 17.0. The lowest BCUT2D eigenvalue weighted by Gasteiger charge is -2.33. The SMILES string of the molecule is O=C(NCc1cccs1)[C@H]1CN(Cc2ccc(F)cc2)Cc2ccnn21. The molecule has 2 aromatic heterocycles. The van der Waals surface area contributed by atoms with E-state index < -0.39 is 0 Å². The van der Waals surface area contributed by atoms with E-state index in [0.29, 0.717) is 26.2 Å². The summed E-state index contributed by atoms with van der Waals surface area (Å²) in [5.41, 5.74) is 2.03. The van der Waals surface area contributed by atoms with Crippen LogP contribution in [0.2, 0.25) is 0 Å². The van der Waals surface area contributed by atoms with Crippen LogP contribution in [0.15, 0.2) is 54.0 Å². The zero-order chi connectivity index (χ0) is 17.9. The molecule has 1 aliphatic heterocycles. The fraction of sp³-hybridized carbons (Fsp3) is 0.263. The highest BCUT2D eigenvalue weighted by Gasteiger charge is 2.30. The highest BCUT2D eigenvalue weighted by Crippen LogP contribution is 2.22. The molecule has 0 bridgehead atoms. The van der Waals surface area contributed by atoms with Gasteiger partial charge < -0.3 is 5.32 Å². The number of aromatic nitrogens is 2. The number of carbonyl (C=O) groups is 1. The molecule has 1 aliphatic rings. The molecule has 1 N–H and O–H groups in total. The van der Waals surface area contributed by atoms with Gasteiger partial charge in [-0.25, -0.2) is 4.39 Å². The summed E-state index contributed by atoms with van der Waals surface area (Å²) in [6, 6.07) is 12.1. The van der Waals surface area contributed by atoms with Crippen molar-refractivity contribution in [2.75, 3.05) is 6.54 Å². The van der Waals surface area contributed by atoms with Crippen LogP contribution in [0.25, 0.3) is 0 Å². The lowest BCUT2D eigenvalue weighted by molar-refractivity contribution is -0.126. The molecule has 26 heavy (non-hydrogen) atoms. The Morgan fingerprint density at radius 3 is 2.88 bits per heavy atom. The Labute approximate surface area is 155 Å². The van der Waals surface area contributed by atoms with Gasteiger partial charge in [0.1, 0.15) is 11.9 Å². The first-order valence-corrected chi connectivity index (χ1v) is 9.36. The highest BCUT2D eigenvalue weighted by molar-refractivity contribution is 7.09. The Balaban J connectivity index is 1.47. The van der Waals surface area contributed by atoms with Gasteiger partial charge in [0, 0.05) is 30.7 Å². The molecule has 1 amide bonds. The van der Waals surface area contributed by atoms with E-state index in [-0.39, 0.29) is 17.8 Å². The van der Waals surface area contributed by atoms with Crippen LogP contribution in [0.5, 0.6) is 0 Å². The van der Waals surface area contributed by atoms with Crippen molar-refractivity contribution in [3.63, 3.8) is 0 Å². The third-order valence-electron chi connectivity index (χ3n) is 4.50. The summed E-state index contributed by atoms with van der Waals surface area (Å²) in [6.45, 7) is 2.48. The topological polar surface area (TPSA) is 50.2 Å². The van der Waals surface area contributed by atoms with E-state index in [1.165, 1.54) is 12.1 Å². The van der Waals surface area contributed by atoms with E-state index in [9.17, 15) is 9.18 Å². The molecule has 0 spiro atoms. The Morgan fingerprint density at radius 1 is 1.27 bits per heavy atom. The monoisotopic (exact) mass is 370 g/mol. The minimum atomic E-state index is -0.367. The predicted octanol–water partition coefficient (Wildman–Crippen LogP) is 2.96. The molecule has 5 nitrogen and oxygen atoms in total. The third kappa shape index (κ3) is 3.68. The van der Waals surface area contributed by atoms with Crippen molar-refractivity contribution in [2.24, 2.45) is 0 Å². The van der Waals surface area contributed by atoms with Crippen molar-refractivity contribution < 1.29 is 9.18 Å². The van der Waals surface area contributed by atoms with E-state index >= 15 is 0 Å². The number of fused-ring (bicyclic) bond motifs is 1. The molecule has 0 unspecified atom stereocenters. The maximum atomic E-state index is 13.1. The average Bonchev–Trinajstić information content (AvgIpc) is 3.32. The number of nitrogens with zero attached hydrogens (tertiary/aromatic N) is 3. The van der Waals surface area contributed by atoms with Crippen LogP contribution in [0.3, 0.4) is 0 Å². The van der Waals surface area contributed by atoms with Crippen LogP contribution in [-0.2, 0) is 24.4 Å². The largest absolute Gasteiger partial charge is 0.349 e. The summed E-state index contributed by atoms with van der Waals surface area (Å²) in [5, 5.41) is 9.35. The summed E-state index contributed by atoms with van der Waals surface area (Å²) in [6.07, 6.45) is 1.73. The van der Waals surface area contributed by atoms with Crippen molar-refractivity contribution in [3.05, 3.63) is 76.0 Å². The number of halogens is 1. The van der Waals surface area contributed by atoms with Crippen LogP contribution in [0.1, 0.15) is 22.2 Å². The number of hydrogen-bond donors (Lipinski definition) is 1. The van der Waals surface area contributed by atoms with Crippen LogP contribution < -0.4 is 5.32 Å². The Bertz CT molecular complexity index is 875. The molecule has 3 heterocycles. The minimum Gasteiger partial charge on any atom is -0.349 e.